The zero-order valence-electron chi connectivity index (χ0n) is 10.9. The number of hydrogen-bond donors (Lipinski definition) is 1. The molecule has 1 fully saturated rings. The molecule has 0 aromatic rings. The molecule has 1 aliphatic heterocycles. The number of nitrogens with one attached hydrogen (secondary N) is 1. The van der Waals surface area contributed by atoms with E-state index in [4.69, 9.17) is 5.26 Å². The van der Waals surface area contributed by atoms with E-state index in [-0.39, 0.29) is 17.9 Å². The third kappa shape index (κ3) is 5.18. The van der Waals surface area contributed by atoms with Crippen molar-refractivity contribution in [1.82, 2.24) is 10.2 Å². The fourth-order valence-electron chi connectivity index (χ4n) is 2.33. The summed E-state index contributed by atoms with van der Waals surface area (Å²) in [5, 5.41) is 11.9. The SMILES string of the molecule is CCCC(C)NC(=O)CN1CCCC(C#N)C1. The van der Waals surface area contributed by atoms with E-state index in [0.29, 0.717) is 6.54 Å². The van der Waals surface area contributed by atoms with Gasteiger partial charge in [-0.05, 0) is 32.7 Å². The first kappa shape index (κ1) is 14.0. The summed E-state index contributed by atoms with van der Waals surface area (Å²) in [6.07, 6.45) is 4.10. The van der Waals surface area contributed by atoms with Crippen molar-refractivity contribution in [2.45, 2.75) is 45.6 Å². The summed E-state index contributed by atoms with van der Waals surface area (Å²) in [6, 6.07) is 2.55. The fraction of sp³-hybridized carbons (Fsp3) is 0.846. The van der Waals surface area contributed by atoms with Gasteiger partial charge in [0.05, 0.1) is 18.5 Å². The number of nitriles is 1. The Labute approximate surface area is 104 Å². The number of likely N-dealkylation sites (tertiary alicyclic amines) is 1. The smallest absolute Gasteiger partial charge is 0.234 e. The van der Waals surface area contributed by atoms with Gasteiger partial charge in [0.2, 0.25) is 5.91 Å². The van der Waals surface area contributed by atoms with Crippen LogP contribution >= 0.6 is 0 Å². The zero-order chi connectivity index (χ0) is 12.7. The van der Waals surface area contributed by atoms with Crippen LogP contribution in [0.3, 0.4) is 0 Å². The van der Waals surface area contributed by atoms with Crippen LogP contribution in [0.5, 0.6) is 0 Å². The maximum absolute atomic E-state index is 11.8. The molecular formula is C13H23N3O. The van der Waals surface area contributed by atoms with Gasteiger partial charge in [0.25, 0.3) is 0 Å². The monoisotopic (exact) mass is 237 g/mol. The summed E-state index contributed by atoms with van der Waals surface area (Å²) in [5.74, 6) is 0.189. The minimum absolute atomic E-state index is 0.0875. The molecule has 1 amide bonds. The lowest BCUT2D eigenvalue weighted by atomic mass is 10.00. The van der Waals surface area contributed by atoms with Crippen LogP contribution in [0.4, 0.5) is 0 Å². The molecule has 0 aromatic heterocycles. The van der Waals surface area contributed by atoms with E-state index >= 15 is 0 Å². The van der Waals surface area contributed by atoms with Gasteiger partial charge < -0.3 is 5.32 Å². The molecule has 1 saturated heterocycles. The van der Waals surface area contributed by atoms with Crippen LogP contribution in [-0.2, 0) is 4.79 Å². The van der Waals surface area contributed by atoms with E-state index in [1.165, 1.54) is 0 Å². The van der Waals surface area contributed by atoms with Gasteiger partial charge in [-0.15, -0.1) is 0 Å². The molecule has 4 heteroatoms. The standard InChI is InChI=1S/C13H23N3O/c1-3-5-11(2)15-13(17)10-16-7-4-6-12(8-14)9-16/h11-12H,3-7,9-10H2,1-2H3,(H,15,17). The number of carbonyl (C=O) groups excluding carboxylic acids is 1. The highest BCUT2D eigenvalue weighted by Gasteiger charge is 2.21. The Hall–Kier alpha value is -1.08. The van der Waals surface area contributed by atoms with Crippen molar-refractivity contribution < 1.29 is 4.79 Å². The average Bonchev–Trinajstić information content (AvgIpc) is 2.29. The zero-order valence-corrected chi connectivity index (χ0v) is 10.9. The molecule has 1 aliphatic rings. The minimum atomic E-state index is 0.0875. The third-order valence-corrected chi connectivity index (χ3v) is 3.18. The van der Waals surface area contributed by atoms with Gasteiger partial charge in [-0.1, -0.05) is 13.3 Å². The van der Waals surface area contributed by atoms with Crippen LogP contribution in [-0.4, -0.2) is 36.5 Å². The van der Waals surface area contributed by atoms with E-state index in [9.17, 15) is 4.79 Å². The van der Waals surface area contributed by atoms with Gasteiger partial charge in [-0.2, -0.15) is 5.26 Å². The molecule has 0 aromatic carbocycles. The summed E-state index contributed by atoms with van der Waals surface area (Å²) in [4.78, 5) is 13.8. The van der Waals surface area contributed by atoms with Gasteiger partial charge in [0.1, 0.15) is 0 Å². The van der Waals surface area contributed by atoms with Crippen LogP contribution in [0.1, 0.15) is 39.5 Å². The second kappa shape index (κ2) is 7.29. The van der Waals surface area contributed by atoms with Crippen molar-refractivity contribution in [3.8, 4) is 6.07 Å². The predicted molar refractivity (Wildman–Crippen MR) is 67.3 cm³/mol. The lowest BCUT2D eigenvalue weighted by Gasteiger charge is -2.29. The number of amides is 1. The maximum atomic E-state index is 11.8. The highest BCUT2D eigenvalue weighted by atomic mass is 16.2. The Kier molecular flexibility index (Phi) is 5.99. The van der Waals surface area contributed by atoms with Crippen LogP contribution in [0.25, 0.3) is 0 Å². The van der Waals surface area contributed by atoms with Crippen molar-refractivity contribution in [3.05, 3.63) is 0 Å². The number of rotatable bonds is 5. The first-order valence-electron chi connectivity index (χ1n) is 6.57. The van der Waals surface area contributed by atoms with Gasteiger partial charge in [-0.25, -0.2) is 0 Å². The van der Waals surface area contributed by atoms with Crippen LogP contribution < -0.4 is 5.32 Å². The quantitative estimate of drug-likeness (QED) is 0.789. The van der Waals surface area contributed by atoms with Crippen molar-refractivity contribution >= 4 is 5.91 Å². The lowest BCUT2D eigenvalue weighted by molar-refractivity contribution is -0.123. The molecule has 0 aliphatic carbocycles. The molecule has 0 spiro atoms. The van der Waals surface area contributed by atoms with Gasteiger partial charge in [-0.3, -0.25) is 9.69 Å². The van der Waals surface area contributed by atoms with Gasteiger partial charge >= 0.3 is 0 Å². The Morgan fingerprint density at radius 2 is 2.41 bits per heavy atom. The molecule has 96 valence electrons. The molecule has 0 saturated carbocycles. The highest BCUT2D eigenvalue weighted by molar-refractivity contribution is 5.78. The van der Waals surface area contributed by atoms with E-state index < -0.39 is 0 Å². The molecule has 1 N–H and O–H groups in total. The number of carbonyl (C=O) groups is 1. The molecule has 2 atom stereocenters. The fourth-order valence-corrected chi connectivity index (χ4v) is 2.33. The summed E-state index contributed by atoms with van der Waals surface area (Å²) < 4.78 is 0. The van der Waals surface area contributed by atoms with Crippen molar-refractivity contribution in [2.75, 3.05) is 19.6 Å². The number of piperidine rings is 1. The van der Waals surface area contributed by atoms with E-state index in [0.717, 1.165) is 38.8 Å². The van der Waals surface area contributed by atoms with Crippen molar-refractivity contribution in [2.24, 2.45) is 5.92 Å². The normalized spacial score (nSPS) is 22.8. The van der Waals surface area contributed by atoms with Crippen LogP contribution in [0.2, 0.25) is 0 Å². The highest BCUT2D eigenvalue weighted by Crippen LogP contribution is 2.14. The first-order valence-corrected chi connectivity index (χ1v) is 6.57. The summed E-state index contributed by atoms with van der Waals surface area (Å²) in [7, 11) is 0. The molecule has 1 rings (SSSR count). The minimum Gasteiger partial charge on any atom is -0.353 e. The number of hydrogen-bond acceptors (Lipinski definition) is 3. The Bertz CT molecular complexity index is 285. The molecule has 17 heavy (non-hydrogen) atoms. The average molecular weight is 237 g/mol. The van der Waals surface area contributed by atoms with Gasteiger partial charge in [0.15, 0.2) is 0 Å². The van der Waals surface area contributed by atoms with E-state index in [2.05, 4.69) is 23.2 Å². The molecule has 0 bridgehead atoms. The lowest BCUT2D eigenvalue weighted by Crippen LogP contribution is -2.44. The molecule has 2 unspecified atom stereocenters. The topological polar surface area (TPSA) is 56.1 Å². The molecule has 1 heterocycles. The van der Waals surface area contributed by atoms with Crippen LogP contribution in [0, 0.1) is 17.2 Å². The number of nitrogens with zero attached hydrogens (tertiary/aromatic N) is 2. The van der Waals surface area contributed by atoms with Crippen LogP contribution in [0.15, 0.2) is 0 Å². The second-order valence-corrected chi connectivity index (χ2v) is 4.96. The van der Waals surface area contributed by atoms with E-state index in [1.54, 1.807) is 0 Å². The molecule has 4 nitrogen and oxygen atoms in total. The van der Waals surface area contributed by atoms with Crippen molar-refractivity contribution in [3.63, 3.8) is 0 Å². The summed E-state index contributed by atoms with van der Waals surface area (Å²) in [5.41, 5.74) is 0. The third-order valence-electron chi connectivity index (χ3n) is 3.18. The van der Waals surface area contributed by atoms with Gasteiger partial charge in [0, 0.05) is 12.6 Å². The van der Waals surface area contributed by atoms with E-state index in [1.807, 2.05) is 6.92 Å². The largest absolute Gasteiger partial charge is 0.353 e. The predicted octanol–water partition coefficient (Wildman–Crippen LogP) is 1.53. The Morgan fingerprint density at radius 3 is 3.06 bits per heavy atom. The summed E-state index contributed by atoms with van der Waals surface area (Å²) in [6.45, 7) is 6.27. The second-order valence-electron chi connectivity index (χ2n) is 4.96. The molecule has 0 radical (unpaired) electrons. The molecular weight excluding hydrogens is 214 g/mol. The Balaban J connectivity index is 2.28. The summed E-state index contributed by atoms with van der Waals surface area (Å²) >= 11 is 0. The first-order chi connectivity index (χ1) is 8.15. The Morgan fingerprint density at radius 1 is 1.65 bits per heavy atom. The maximum Gasteiger partial charge on any atom is 0.234 e. The van der Waals surface area contributed by atoms with Crippen molar-refractivity contribution in [1.29, 1.82) is 5.26 Å².